The van der Waals surface area contributed by atoms with Crippen LogP contribution in [-0.2, 0) is 36.7 Å². The molecule has 68 heavy (non-hydrogen) atoms. The standard InChI is InChI=1S/C56H57FN2O7S2/c1-7-8-31-67-47-22-18-41(19-23-47)42-20-26-51(46(33-42)36-58-59-39(6)53-35-45-13-9-10-15-52(45)68-53)66-54(60)27-17-40-16-24-48(49(57)32-40)43-21-25-50(63-29-12-30-65-56(62)38(4)5)44(34-43)14-11-28-64-55(61)37(2)3/h9-10,13,15-16,18-26,32-36H,2,4,7-8,11-12,14,17,27-31H2,1,3,5-6H3/b58-36+,59-39+. The lowest BCUT2D eigenvalue weighted by molar-refractivity contribution is -0.139. The number of ether oxygens (including phenoxy) is 4. The molecule has 1 heterocycles. The predicted molar refractivity (Wildman–Crippen MR) is 275 cm³/mol. The zero-order valence-electron chi connectivity index (χ0n) is 39.1. The van der Waals surface area contributed by atoms with Crippen LogP contribution in [0.25, 0.3) is 32.3 Å². The lowest BCUT2D eigenvalue weighted by Crippen LogP contribution is -2.10. The molecule has 0 unspecified atom stereocenters. The van der Waals surface area contributed by atoms with Crippen LogP contribution >= 0.6 is 23.1 Å². The van der Waals surface area contributed by atoms with Crippen LogP contribution in [-0.4, -0.2) is 55.4 Å². The highest BCUT2D eigenvalue weighted by Crippen LogP contribution is 2.32. The van der Waals surface area contributed by atoms with E-state index in [9.17, 15) is 14.4 Å². The first kappa shape index (κ1) is 50.8. The molecule has 0 aliphatic heterocycles. The largest absolute Gasteiger partial charge is 0.493 e. The van der Waals surface area contributed by atoms with Crippen molar-refractivity contribution in [1.82, 2.24) is 0 Å². The van der Waals surface area contributed by atoms with Crippen molar-refractivity contribution in [2.75, 3.05) is 25.6 Å². The lowest BCUT2D eigenvalue weighted by Gasteiger charge is -2.15. The summed E-state index contributed by atoms with van der Waals surface area (Å²) in [6.45, 7) is 15.1. The summed E-state index contributed by atoms with van der Waals surface area (Å²) in [6.07, 6.45) is 5.64. The Labute approximate surface area is 406 Å². The summed E-state index contributed by atoms with van der Waals surface area (Å²) in [5.74, 6) is 0.162. The molecule has 1 aromatic heterocycles. The van der Waals surface area contributed by atoms with Crippen molar-refractivity contribution in [2.45, 2.75) is 77.5 Å². The average Bonchev–Trinajstić information content (AvgIpc) is 3.78. The maximum Gasteiger partial charge on any atom is 0.333 e. The highest BCUT2D eigenvalue weighted by atomic mass is 32.2. The second kappa shape index (κ2) is 25.5. The van der Waals surface area contributed by atoms with E-state index in [4.69, 9.17) is 18.9 Å². The van der Waals surface area contributed by atoms with Gasteiger partial charge in [-0.1, -0.05) is 81.1 Å². The minimum Gasteiger partial charge on any atom is -0.493 e. The molecule has 0 spiro atoms. The number of halogens is 1. The third-order valence-corrected chi connectivity index (χ3v) is 13.0. The molecule has 0 aliphatic rings. The van der Waals surface area contributed by atoms with E-state index in [-0.39, 0.29) is 32.7 Å². The van der Waals surface area contributed by atoms with E-state index < -0.39 is 23.7 Å². The predicted octanol–water partition coefficient (Wildman–Crippen LogP) is 13.6. The Balaban J connectivity index is 1.14. The summed E-state index contributed by atoms with van der Waals surface area (Å²) in [4.78, 5) is 39.3. The Morgan fingerprint density at radius 1 is 0.735 bits per heavy atom. The number of fused-ring (bicyclic) bond motifs is 1. The van der Waals surface area contributed by atoms with Gasteiger partial charge in [0.25, 0.3) is 0 Å². The Kier molecular flexibility index (Phi) is 19.0. The van der Waals surface area contributed by atoms with Crippen LogP contribution in [0.2, 0.25) is 0 Å². The number of unbranched alkanes of at least 4 members (excludes halogenated alkanes) is 1. The van der Waals surface area contributed by atoms with Crippen LogP contribution in [0.3, 0.4) is 0 Å². The first-order valence-corrected chi connectivity index (χ1v) is 24.5. The molecule has 0 N–H and O–H groups in total. The molecule has 0 saturated heterocycles. The number of aryl methyl sites for hydroxylation is 2. The molecule has 0 atom stereocenters. The molecule has 6 aromatic rings. The normalized spacial score (nSPS) is 11.5. The first-order valence-electron chi connectivity index (χ1n) is 22.7. The second-order valence-electron chi connectivity index (χ2n) is 16.3. The van der Waals surface area contributed by atoms with Gasteiger partial charge >= 0.3 is 17.9 Å². The molecule has 0 saturated carbocycles. The van der Waals surface area contributed by atoms with Crippen molar-refractivity contribution in [3.8, 4) is 33.8 Å². The van der Waals surface area contributed by atoms with Crippen LogP contribution in [0, 0.1) is 5.82 Å². The number of thiophene rings is 1. The first-order chi connectivity index (χ1) is 32.9. The van der Waals surface area contributed by atoms with Crippen molar-refractivity contribution in [3.05, 3.63) is 161 Å². The molecule has 0 fully saturated rings. The number of carbonyl (C=O) groups is 3. The number of thioether (sulfide) groups is 1. The lowest BCUT2D eigenvalue weighted by atomic mass is 9.98. The number of hydrogen-bond donors (Lipinski definition) is 0. The summed E-state index contributed by atoms with van der Waals surface area (Å²) in [5, 5.41) is 10.1. The summed E-state index contributed by atoms with van der Waals surface area (Å²) < 4.78 is 39.5. The highest BCUT2D eigenvalue weighted by Gasteiger charge is 2.15. The molecule has 9 nitrogen and oxygen atoms in total. The van der Waals surface area contributed by atoms with Crippen LogP contribution in [0.4, 0.5) is 4.39 Å². The minimum atomic E-state index is -0.474. The van der Waals surface area contributed by atoms with Gasteiger partial charge in [0.15, 0.2) is 0 Å². The van der Waals surface area contributed by atoms with E-state index in [0.717, 1.165) is 44.8 Å². The fourth-order valence-electron chi connectivity index (χ4n) is 6.92. The van der Waals surface area contributed by atoms with Gasteiger partial charge in [0.2, 0.25) is 0 Å². The van der Waals surface area contributed by atoms with E-state index in [1.807, 2.05) is 49.0 Å². The van der Waals surface area contributed by atoms with Gasteiger partial charge in [-0.2, -0.15) is 10.2 Å². The van der Waals surface area contributed by atoms with Crippen LogP contribution in [0.5, 0.6) is 11.5 Å². The smallest absolute Gasteiger partial charge is 0.333 e. The van der Waals surface area contributed by atoms with Gasteiger partial charge in [-0.05, 0) is 140 Å². The van der Waals surface area contributed by atoms with E-state index in [2.05, 4.69) is 72.7 Å². The number of rotatable bonds is 24. The summed E-state index contributed by atoms with van der Waals surface area (Å²) in [6, 6.07) is 34.7. The molecule has 0 radical (unpaired) electrons. The molecule has 12 heteroatoms. The van der Waals surface area contributed by atoms with Crippen LogP contribution in [0.1, 0.15) is 81.4 Å². The molecule has 0 aliphatic carbocycles. The van der Waals surface area contributed by atoms with E-state index in [0.29, 0.717) is 64.2 Å². The number of hydrogen-bond acceptors (Lipinski definition) is 11. The van der Waals surface area contributed by atoms with E-state index in [1.165, 1.54) is 22.1 Å². The summed E-state index contributed by atoms with van der Waals surface area (Å²) in [5.41, 5.74) is 6.39. The van der Waals surface area contributed by atoms with Crippen LogP contribution in [0.15, 0.2) is 149 Å². The quantitative estimate of drug-likeness (QED) is 0.0112. The number of esters is 3. The minimum absolute atomic E-state index is 0.00993. The Hall–Kier alpha value is -6.63. The SMILES string of the molecule is C=C(C)C(=O)OCCCOc1ccc(-c2ccc(CCC(=O)Oc3ccc(-c4ccc(SCCCC)cc4)cc3/C=N/N=C(\C)c3cc4ccccc4s3)cc2F)cc1CCCOC(=O)C(=C)C. The summed E-state index contributed by atoms with van der Waals surface area (Å²) in [7, 11) is 0. The number of nitrogens with zero attached hydrogens (tertiary/aromatic N) is 2. The number of carbonyl (C=O) groups excluding carboxylic acids is 3. The van der Waals surface area contributed by atoms with Gasteiger partial charge in [0.05, 0.1) is 36.6 Å². The van der Waals surface area contributed by atoms with E-state index in [1.54, 1.807) is 61.7 Å². The van der Waals surface area contributed by atoms with Gasteiger partial charge in [0, 0.05) is 44.7 Å². The molecule has 352 valence electrons. The van der Waals surface area contributed by atoms with Gasteiger partial charge in [-0.15, -0.1) is 23.1 Å². The van der Waals surface area contributed by atoms with Gasteiger partial charge < -0.3 is 18.9 Å². The maximum absolute atomic E-state index is 15.9. The van der Waals surface area contributed by atoms with E-state index >= 15 is 4.39 Å². The summed E-state index contributed by atoms with van der Waals surface area (Å²) >= 11 is 3.50. The Bertz CT molecular complexity index is 2780. The molecule has 5 aromatic carbocycles. The van der Waals surface area contributed by atoms with Crippen molar-refractivity contribution in [3.63, 3.8) is 0 Å². The molecule has 6 rings (SSSR count). The van der Waals surface area contributed by atoms with Crippen molar-refractivity contribution in [2.24, 2.45) is 10.2 Å². The van der Waals surface area contributed by atoms with Crippen LogP contribution < -0.4 is 9.47 Å². The van der Waals surface area contributed by atoms with Gasteiger partial charge in [-0.3, -0.25) is 4.79 Å². The van der Waals surface area contributed by atoms with Gasteiger partial charge in [0.1, 0.15) is 17.3 Å². The van der Waals surface area contributed by atoms with Crippen molar-refractivity contribution >= 4 is 63.0 Å². The average molecular weight is 953 g/mol. The number of benzene rings is 5. The molecule has 0 bridgehead atoms. The Morgan fingerprint density at radius 3 is 2.16 bits per heavy atom. The topological polar surface area (TPSA) is 113 Å². The second-order valence-corrected chi connectivity index (χ2v) is 18.6. The van der Waals surface area contributed by atoms with Gasteiger partial charge in [-0.25, -0.2) is 14.0 Å². The monoisotopic (exact) mass is 952 g/mol. The highest BCUT2D eigenvalue weighted by molar-refractivity contribution is 7.99. The zero-order valence-corrected chi connectivity index (χ0v) is 40.7. The van der Waals surface area contributed by atoms with Crippen molar-refractivity contribution < 1.29 is 37.7 Å². The fourth-order valence-corrected chi connectivity index (χ4v) is 8.92. The molecular weight excluding hydrogens is 896 g/mol. The fraction of sp³-hybridized carbons (Fsp3) is 0.268. The van der Waals surface area contributed by atoms with Crippen molar-refractivity contribution in [1.29, 1.82) is 0 Å². The third-order valence-electron chi connectivity index (χ3n) is 10.7. The third kappa shape index (κ3) is 14.9. The maximum atomic E-state index is 15.9. The molecular formula is C56H57FN2O7S2. The molecule has 0 amide bonds. The zero-order chi connectivity index (χ0) is 48.4. The Morgan fingerprint density at radius 2 is 1.44 bits per heavy atom.